The third-order valence-electron chi connectivity index (χ3n) is 3.47. The largest absolute Gasteiger partial charge is 0.457 e. The molecular formula is C18H34N2O5S. The maximum Gasteiger partial charge on any atom is 0.336 e. The Labute approximate surface area is 157 Å². The van der Waals surface area contributed by atoms with Crippen LogP contribution in [0, 0.1) is 17.8 Å². The number of rotatable bonds is 8. The highest BCUT2D eigenvalue weighted by atomic mass is 32.2. The molecule has 0 radical (unpaired) electrons. The second-order valence-corrected chi connectivity index (χ2v) is 10.4. The van der Waals surface area contributed by atoms with Gasteiger partial charge in [0.1, 0.15) is 5.60 Å². The number of sulfone groups is 1. The lowest BCUT2D eigenvalue weighted by atomic mass is 9.87. The van der Waals surface area contributed by atoms with Crippen molar-refractivity contribution in [1.29, 1.82) is 0 Å². The zero-order chi connectivity index (χ0) is 20.9. The van der Waals surface area contributed by atoms with Crippen molar-refractivity contribution in [1.82, 2.24) is 5.43 Å². The number of nitrogens with one attached hydrogen (secondary N) is 1. The van der Waals surface area contributed by atoms with Crippen LogP contribution in [0.25, 0.3) is 0 Å². The second kappa shape index (κ2) is 9.50. The summed E-state index contributed by atoms with van der Waals surface area (Å²) < 4.78 is 30.3. The highest BCUT2D eigenvalue weighted by molar-refractivity contribution is 7.94. The molecule has 26 heavy (non-hydrogen) atoms. The summed E-state index contributed by atoms with van der Waals surface area (Å²) in [6, 6.07) is 0. The van der Waals surface area contributed by atoms with Crippen molar-refractivity contribution in [3.8, 4) is 0 Å². The third-order valence-corrected chi connectivity index (χ3v) is 4.76. The van der Waals surface area contributed by atoms with E-state index < -0.39 is 33.2 Å². The van der Waals surface area contributed by atoms with Crippen molar-refractivity contribution in [3.05, 3.63) is 10.5 Å². The zero-order valence-electron chi connectivity index (χ0n) is 17.2. The van der Waals surface area contributed by atoms with E-state index in [0.717, 1.165) is 6.26 Å². The van der Waals surface area contributed by atoms with E-state index in [1.807, 2.05) is 27.7 Å². The van der Waals surface area contributed by atoms with Crippen molar-refractivity contribution in [3.63, 3.8) is 0 Å². The number of carbonyl (C=O) groups is 2. The van der Waals surface area contributed by atoms with E-state index in [2.05, 4.69) is 5.43 Å². The Balaban J connectivity index is 6.68. The number of hydrazine groups is 1. The average Bonchev–Trinajstić information content (AvgIpc) is 2.40. The molecule has 0 bridgehead atoms. The maximum atomic E-state index is 12.9. The molecule has 0 heterocycles. The summed E-state index contributed by atoms with van der Waals surface area (Å²) in [5.41, 5.74) is 1.11. The van der Waals surface area contributed by atoms with Gasteiger partial charge < -0.3 is 4.74 Å². The van der Waals surface area contributed by atoms with Gasteiger partial charge in [-0.3, -0.25) is 10.2 Å². The van der Waals surface area contributed by atoms with Gasteiger partial charge >= 0.3 is 5.97 Å². The molecule has 0 aromatic carbocycles. The van der Waals surface area contributed by atoms with E-state index in [4.69, 9.17) is 10.6 Å². The Morgan fingerprint density at radius 1 is 1.08 bits per heavy atom. The van der Waals surface area contributed by atoms with Gasteiger partial charge in [0.2, 0.25) is 5.91 Å². The summed E-state index contributed by atoms with van der Waals surface area (Å²) >= 11 is 0. The topological polar surface area (TPSA) is 116 Å². The number of hydrogen-bond acceptors (Lipinski definition) is 6. The Kier molecular flexibility index (Phi) is 8.99. The van der Waals surface area contributed by atoms with E-state index in [-0.39, 0.29) is 35.2 Å². The number of nitrogens with two attached hydrogens (primary N) is 1. The summed E-state index contributed by atoms with van der Waals surface area (Å²) in [5.74, 6) is 2.90. The van der Waals surface area contributed by atoms with Crippen molar-refractivity contribution < 1.29 is 22.7 Å². The van der Waals surface area contributed by atoms with Gasteiger partial charge in [-0.05, 0) is 45.4 Å². The molecule has 0 fully saturated rings. The van der Waals surface area contributed by atoms with Crippen molar-refractivity contribution in [2.45, 2.75) is 66.9 Å². The first-order valence-electron chi connectivity index (χ1n) is 8.77. The van der Waals surface area contributed by atoms with Crippen LogP contribution in [0.15, 0.2) is 10.5 Å². The highest BCUT2D eigenvalue weighted by Gasteiger charge is 2.36. The second-order valence-electron chi connectivity index (χ2n) is 8.40. The molecule has 1 amide bonds. The quantitative estimate of drug-likeness (QED) is 0.216. The number of allylic oxidation sites excluding steroid dienone is 1. The summed E-state index contributed by atoms with van der Waals surface area (Å²) in [5, 5.41) is 0. The molecule has 8 heteroatoms. The zero-order valence-corrected chi connectivity index (χ0v) is 18.0. The van der Waals surface area contributed by atoms with Crippen LogP contribution in [0.3, 0.4) is 0 Å². The molecule has 0 aliphatic rings. The van der Waals surface area contributed by atoms with Crippen molar-refractivity contribution in [2.24, 2.45) is 23.6 Å². The summed E-state index contributed by atoms with van der Waals surface area (Å²) in [4.78, 5) is 25.3. The standard InChI is InChI=1S/C18H34N2O5S/c1-11(2)9-13(16(21)20-19)15(17(22)25-18(5,6)7)14(10-12(3)4)26(8,23)24/h11-13H,9-10,19H2,1-8H3,(H,20,21)/t13-/m1/s1. The maximum absolute atomic E-state index is 12.9. The van der Waals surface area contributed by atoms with Crippen LogP contribution in [0.4, 0.5) is 0 Å². The molecule has 7 nitrogen and oxygen atoms in total. The number of esters is 1. The fraction of sp³-hybridized carbons (Fsp3) is 0.778. The first-order valence-corrected chi connectivity index (χ1v) is 10.7. The smallest absolute Gasteiger partial charge is 0.336 e. The van der Waals surface area contributed by atoms with Crippen LogP contribution in [-0.4, -0.2) is 32.2 Å². The molecule has 152 valence electrons. The molecule has 0 aliphatic carbocycles. The Morgan fingerprint density at radius 2 is 1.58 bits per heavy atom. The molecule has 0 unspecified atom stereocenters. The van der Waals surface area contributed by atoms with Gasteiger partial charge in [-0.25, -0.2) is 19.1 Å². The predicted octanol–water partition coefficient (Wildman–Crippen LogP) is 2.33. The minimum atomic E-state index is -3.72. The Hall–Kier alpha value is -1.41. The van der Waals surface area contributed by atoms with Gasteiger partial charge in [0.05, 0.1) is 16.4 Å². The van der Waals surface area contributed by atoms with Crippen LogP contribution in [-0.2, 0) is 24.2 Å². The van der Waals surface area contributed by atoms with Crippen LogP contribution < -0.4 is 11.3 Å². The lowest BCUT2D eigenvalue weighted by Gasteiger charge is -2.27. The van der Waals surface area contributed by atoms with Gasteiger partial charge in [-0.2, -0.15) is 0 Å². The number of hydrogen-bond donors (Lipinski definition) is 2. The highest BCUT2D eigenvalue weighted by Crippen LogP contribution is 2.31. The van der Waals surface area contributed by atoms with Crippen LogP contribution in [0.2, 0.25) is 0 Å². The van der Waals surface area contributed by atoms with E-state index in [9.17, 15) is 18.0 Å². The predicted molar refractivity (Wildman–Crippen MR) is 102 cm³/mol. The molecule has 0 aromatic rings. The molecule has 0 spiro atoms. The Bertz CT molecular complexity index is 643. The van der Waals surface area contributed by atoms with Gasteiger partial charge in [-0.15, -0.1) is 0 Å². The minimum absolute atomic E-state index is 0.0298. The molecule has 0 aromatic heterocycles. The summed E-state index contributed by atoms with van der Waals surface area (Å²) in [6.07, 6.45) is 1.45. The minimum Gasteiger partial charge on any atom is -0.457 e. The van der Waals surface area contributed by atoms with Crippen LogP contribution >= 0.6 is 0 Å². The first kappa shape index (κ1) is 24.6. The summed E-state index contributed by atoms with van der Waals surface area (Å²) in [7, 11) is -3.72. The fourth-order valence-corrected chi connectivity index (χ4v) is 3.80. The van der Waals surface area contributed by atoms with Gasteiger partial charge in [-0.1, -0.05) is 27.7 Å². The van der Waals surface area contributed by atoms with E-state index in [0.29, 0.717) is 0 Å². The molecule has 0 saturated heterocycles. The average molecular weight is 391 g/mol. The van der Waals surface area contributed by atoms with E-state index >= 15 is 0 Å². The number of amides is 1. The van der Waals surface area contributed by atoms with E-state index in [1.54, 1.807) is 20.8 Å². The third kappa shape index (κ3) is 8.31. The van der Waals surface area contributed by atoms with E-state index in [1.165, 1.54) is 0 Å². The molecule has 0 aliphatic heterocycles. The molecule has 0 rings (SSSR count). The SMILES string of the molecule is CC(C)CC(=C(C(=O)OC(C)(C)C)[C@@H](CC(C)C)C(=O)NN)S(C)(=O)=O. The molecular weight excluding hydrogens is 356 g/mol. The van der Waals surface area contributed by atoms with Gasteiger partial charge in [0, 0.05) is 6.26 Å². The van der Waals surface area contributed by atoms with Crippen LogP contribution in [0.1, 0.15) is 61.3 Å². The summed E-state index contributed by atoms with van der Waals surface area (Å²) in [6.45, 7) is 12.5. The van der Waals surface area contributed by atoms with Gasteiger partial charge in [0.15, 0.2) is 9.84 Å². The monoisotopic (exact) mass is 390 g/mol. The molecule has 1 atom stereocenters. The fourth-order valence-electron chi connectivity index (χ4n) is 2.54. The van der Waals surface area contributed by atoms with Crippen molar-refractivity contribution >= 4 is 21.7 Å². The number of ether oxygens (including phenoxy) is 1. The Morgan fingerprint density at radius 3 is 1.88 bits per heavy atom. The van der Waals surface area contributed by atoms with Crippen LogP contribution in [0.5, 0.6) is 0 Å². The van der Waals surface area contributed by atoms with Gasteiger partial charge in [0.25, 0.3) is 0 Å². The normalized spacial score (nSPS) is 14.9. The lowest BCUT2D eigenvalue weighted by Crippen LogP contribution is -2.40. The first-order chi connectivity index (χ1) is 11.6. The number of carbonyl (C=O) groups excluding carboxylic acids is 2. The molecule has 3 N–H and O–H groups in total. The van der Waals surface area contributed by atoms with Crippen molar-refractivity contribution in [2.75, 3.05) is 6.26 Å². The molecule has 0 saturated carbocycles. The lowest BCUT2D eigenvalue weighted by molar-refractivity contribution is -0.151.